The molecular weight excluding hydrogens is 366 g/mol. The zero-order chi connectivity index (χ0) is 17.5. The molecule has 5 rings (SSSR count). The second-order valence-electron chi connectivity index (χ2n) is 7.14. The topological polar surface area (TPSA) is 85.0 Å². The van der Waals surface area contributed by atoms with Crippen LogP contribution in [-0.2, 0) is 0 Å². The van der Waals surface area contributed by atoms with E-state index in [1.807, 2.05) is 29.1 Å². The highest BCUT2D eigenvalue weighted by Crippen LogP contribution is 2.40. The van der Waals surface area contributed by atoms with Crippen molar-refractivity contribution < 1.29 is 9.21 Å². The van der Waals surface area contributed by atoms with Crippen LogP contribution in [0.5, 0.6) is 0 Å². The maximum Gasteiger partial charge on any atom is 0.276 e. The number of amides is 1. The lowest BCUT2D eigenvalue weighted by Crippen LogP contribution is -2.32. The highest BCUT2D eigenvalue weighted by Gasteiger charge is 2.29. The predicted octanol–water partition coefficient (Wildman–Crippen LogP) is 3.50. The molecule has 142 valence electrons. The Labute approximate surface area is 162 Å². The molecule has 2 aromatic heterocycles. The molecule has 1 aromatic carbocycles. The summed E-state index contributed by atoms with van der Waals surface area (Å²) in [5.74, 6) is 1.07. The van der Waals surface area contributed by atoms with Gasteiger partial charge in [-0.2, -0.15) is 5.10 Å². The summed E-state index contributed by atoms with van der Waals surface area (Å²) in [6, 6.07) is 7.63. The maximum atomic E-state index is 12.5. The van der Waals surface area contributed by atoms with Gasteiger partial charge in [-0.25, -0.2) is 4.98 Å². The Morgan fingerprint density at radius 2 is 2.15 bits per heavy atom. The molecule has 0 bridgehead atoms. The molecule has 3 heterocycles. The van der Waals surface area contributed by atoms with E-state index >= 15 is 0 Å². The fourth-order valence-electron chi connectivity index (χ4n) is 3.44. The highest BCUT2D eigenvalue weighted by atomic mass is 35.5. The average molecular weight is 388 g/mol. The first kappa shape index (κ1) is 18.0. The number of aromatic nitrogens is 3. The molecular formula is C19H22ClN5O2. The second kappa shape index (κ2) is 7.32. The summed E-state index contributed by atoms with van der Waals surface area (Å²) in [6.07, 6.45) is 6.40. The van der Waals surface area contributed by atoms with Crippen LogP contribution in [0.15, 0.2) is 34.9 Å². The van der Waals surface area contributed by atoms with Gasteiger partial charge in [-0.3, -0.25) is 9.48 Å². The maximum absolute atomic E-state index is 12.5. The lowest BCUT2D eigenvalue weighted by molar-refractivity contribution is 0.102. The van der Waals surface area contributed by atoms with Crippen molar-refractivity contribution in [1.29, 1.82) is 0 Å². The van der Waals surface area contributed by atoms with Crippen molar-refractivity contribution >= 4 is 35.1 Å². The minimum atomic E-state index is -0.210. The van der Waals surface area contributed by atoms with Crippen LogP contribution in [0.25, 0.3) is 11.1 Å². The molecule has 0 spiro atoms. The highest BCUT2D eigenvalue weighted by molar-refractivity contribution is 6.03. The third-order valence-electron chi connectivity index (χ3n) is 5.07. The Hall–Kier alpha value is -2.38. The third-order valence-corrected chi connectivity index (χ3v) is 5.07. The van der Waals surface area contributed by atoms with E-state index in [-0.39, 0.29) is 18.3 Å². The van der Waals surface area contributed by atoms with Gasteiger partial charge in [-0.05, 0) is 56.5 Å². The lowest BCUT2D eigenvalue weighted by Gasteiger charge is -2.22. The summed E-state index contributed by atoms with van der Waals surface area (Å²) in [5, 5.41) is 10.7. The number of benzene rings is 1. The molecule has 1 aliphatic carbocycles. The summed E-state index contributed by atoms with van der Waals surface area (Å²) >= 11 is 0. The van der Waals surface area contributed by atoms with E-state index in [0.717, 1.165) is 55.8 Å². The van der Waals surface area contributed by atoms with Gasteiger partial charge in [0.1, 0.15) is 5.52 Å². The van der Waals surface area contributed by atoms with Crippen molar-refractivity contribution in [3.8, 4) is 0 Å². The lowest BCUT2D eigenvalue weighted by atomic mass is 10.1. The number of fused-ring (bicyclic) bond motifs is 1. The number of hydrogen-bond acceptors (Lipinski definition) is 5. The van der Waals surface area contributed by atoms with E-state index in [4.69, 9.17) is 4.42 Å². The molecule has 7 nitrogen and oxygen atoms in total. The number of piperidine rings is 1. The SMILES string of the molecule is Cl.O=C(Nc1ccc2oc(C3CC3)nc2c1)c1ccn(C2CCCNC2)n1. The molecule has 1 aliphatic heterocycles. The van der Waals surface area contributed by atoms with E-state index < -0.39 is 0 Å². The minimum absolute atomic E-state index is 0. The molecule has 1 atom stereocenters. The number of halogens is 1. The van der Waals surface area contributed by atoms with Crippen LogP contribution in [0.2, 0.25) is 0 Å². The van der Waals surface area contributed by atoms with Crippen molar-refractivity contribution in [2.24, 2.45) is 0 Å². The standard InChI is InChI=1S/C19H21N5O2.ClH/c25-18(15-7-9-24(23-15)14-2-1-8-20-11-14)21-13-5-6-17-16(10-13)22-19(26-17)12-3-4-12;/h5-7,9-10,12,14,20H,1-4,8,11H2,(H,21,25);1H. The first-order valence-corrected chi connectivity index (χ1v) is 9.24. The Bertz CT molecular complexity index is 956. The van der Waals surface area contributed by atoms with Crippen LogP contribution < -0.4 is 10.6 Å². The van der Waals surface area contributed by atoms with Crippen LogP contribution in [0.3, 0.4) is 0 Å². The summed E-state index contributed by atoms with van der Waals surface area (Å²) in [7, 11) is 0. The molecule has 2 aliphatic rings. The first-order valence-electron chi connectivity index (χ1n) is 9.24. The number of hydrogen-bond donors (Lipinski definition) is 2. The van der Waals surface area contributed by atoms with Crippen molar-refractivity contribution in [3.05, 3.63) is 42.0 Å². The number of anilines is 1. The average Bonchev–Trinajstić information content (AvgIpc) is 3.24. The number of carbonyl (C=O) groups is 1. The Kier molecular flexibility index (Phi) is 4.88. The van der Waals surface area contributed by atoms with Gasteiger partial charge in [0.25, 0.3) is 5.91 Å². The van der Waals surface area contributed by atoms with Gasteiger partial charge in [0.2, 0.25) is 0 Å². The summed E-state index contributed by atoms with van der Waals surface area (Å²) < 4.78 is 7.65. The molecule has 1 saturated heterocycles. The van der Waals surface area contributed by atoms with Gasteiger partial charge < -0.3 is 15.1 Å². The predicted molar refractivity (Wildman–Crippen MR) is 105 cm³/mol. The molecule has 2 fully saturated rings. The van der Waals surface area contributed by atoms with Gasteiger partial charge in [0, 0.05) is 24.3 Å². The van der Waals surface area contributed by atoms with Gasteiger partial charge in [0.05, 0.1) is 6.04 Å². The van der Waals surface area contributed by atoms with Gasteiger partial charge in [-0.15, -0.1) is 12.4 Å². The van der Waals surface area contributed by atoms with Crippen molar-refractivity contribution in [2.45, 2.75) is 37.6 Å². The van der Waals surface area contributed by atoms with Crippen LogP contribution in [0, 0.1) is 0 Å². The van der Waals surface area contributed by atoms with Crippen molar-refractivity contribution in [1.82, 2.24) is 20.1 Å². The fraction of sp³-hybridized carbons (Fsp3) is 0.421. The van der Waals surface area contributed by atoms with E-state index in [9.17, 15) is 4.79 Å². The zero-order valence-corrected chi connectivity index (χ0v) is 15.7. The number of nitrogens with one attached hydrogen (secondary N) is 2. The monoisotopic (exact) mass is 387 g/mol. The quantitative estimate of drug-likeness (QED) is 0.715. The first-order chi connectivity index (χ1) is 12.8. The summed E-state index contributed by atoms with van der Waals surface area (Å²) in [5.41, 5.74) is 2.67. The molecule has 1 saturated carbocycles. The summed E-state index contributed by atoms with van der Waals surface area (Å²) in [6.45, 7) is 1.95. The van der Waals surface area contributed by atoms with Crippen LogP contribution in [0.1, 0.15) is 54.0 Å². The number of nitrogens with zero attached hydrogens (tertiary/aromatic N) is 3. The van der Waals surface area contributed by atoms with Crippen molar-refractivity contribution in [2.75, 3.05) is 18.4 Å². The largest absolute Gasteiger partial charge is 0.440 e. The molecule has 1 amide bonds. The molecule has 27 heavy (non-hydrogen) atoms. The minimum Gasteiger partial charge on any atom is -0.440 e. The smallest absolute Gasteiger partial charge is 0.276 e. The van der Waals surface area contributed by atoms with Crippen LogP contribution >= 0.6 is 12.4 Å². The van der Waals surface area contributed by atoms with Gasteiger partial charge >= 0.3 is 0 Å². The summed E-state index contributed by atoms with van der Waals surface area (Å²) in [4.78, 5) is 17.1. The fourth-order valence-corrected chi connectivity index (χ4v) is 3.44. The molecule has 0 radical (unpaired) electrons. The van der Waals surface area contributed by atoms with E-state index in [0.29, 0.717) is 23.3 Å². The Balaban J connectivity index is 0.00000180. The third kappa shape index (κ3) is 3.70. The number of rotatable bonds is 4. The molecule has 2 N–H and O–H groups in total. The van der Waals surface area contributed by atoms with E-state index in [2.05, 4.69) is 20.7 Å². The normalized spacial score (nSPS) is 19.6. The number of oxazole rings is 1. The van der Waals surface area contributed by atoms with Gasteiger partial charge in [-0.1, -0.05) is 0 Å². The number of carbonyl (C=O) groups excluding carboxylic acids is 1. The van der Waals surface area contributed by atoms with E-state index in [1.54, 1.807) is 6.07 Å². The van der Waals surface area contributed by atoms with E-state index in [1.165, 1.54) is 0 Å². The van der Waals surface area contributed by atoms with Crippen LogP contribution in [-0.4, -0.2) is 33.8 Å². The van der Waals surface area contributed by atoms with Gasteiger partial charge in [0.15, 0.2) is 17.2 Å². The Morgan fingerprint density at radius 1 is 1.26 bits per heavy atom. The van der Waals surface area contributed by atoms with Crippen molar-refractivity contribution in [3.63, 3.8) is 0 Å². The molecule has 3 aromatic rings. The molecule has 8 heteroatoms. The van der Waals surface area contributed by atoms with Crippen LogP contribution in [0.4, 0.5) is 5.69 Å². The zero-order valence-electron chi connectivity index (χ0n) is 14.9. The second-order valence-corrected chi connectivity index (χ2v) is 7.14. The molecule has 1 unspecified atom stereocenters. The Morgan fingerprint density at radius 3 is 2.93 bits per heavy atom.